The number of ether oxygens (including phenoxy) is 2. The van der Waals surface area contributed by atoms with Crippen LogP contribution in [-0.2, 0) is 16.1 Å². The second-order valence-electron chi connectivity index (χ2n) is 7.69. The van der Waals surface area contributed by atoms with E-state index in [0.29, 0.717) is 22.2 Å². The van der Waals surface area contributed by atoms with Gasteiger partial charge in [-0.25, -0.2) is 14.6 Å². The normalized spacial score (nSPS) is 11.3. The number of fused-ring (bicyclic) bond motifs is 1. The number of carbonyl (C=O) groups is 3. The summed E-state index contributed by atoms with van der Waals surface area (Å²) >= 11 is 0. The van der Waals surface area contributed by atoms with Crippen LogP contribution >= 0.6 is 0 Å². The summed E-state index contributed by atoms with van der Waals surface area (Å²) in [5.74, 6) is -0.866. The van der Waals surface area contributed by atoms with Crippen LogP contribution in [0.3, 0.4) is 0 Å². The second kappa shape index (κ2) is 10.9. The smallest absolute Gasteiger partial charge is 0.408 e. The van der Waals surface area contributed by atoms with E-state index in [1.165, 1.54) is 13.0 Å². The summed E-state index contributed by atoms with van der Waals surface area (Å²) < 4.78 is 10.5. The van der Waals surface area contributed by atoms with Crippen LogP contribution in [0.25, 0.3) is 10.9 Å². The maximum absolute atomic E-state index is 12.5. The van der Waals surface area contributed by atoms with Gasteiger partial charge in [0.25, 0.3) is 5.91 Å². The Balaban J connectivity index is 1.37. The minimum Gasteiger partial charge on any atom is -0.445 e. The predicted molar refractivity (Wildman–Crippen MR) is 131 cm³/mol. The van der Waals surface area contributed by atoms with Crippen molar-refractivity contribution in [3.8, 4) is 5.88 Å². The van der Waals surface area contributed by atoms with Crippen molar-refractivity contribution in [3.05, 3.63) is 102 Å². The van der Waals surface area contributed by atoms with Crippen LogP contribution in [0.5, 0.6) is 5.88 Å². The molecular weight excluding hydrogens is 446 g/mol. The van der Waals surface area contributed by atoms with E-state index in [9.17, 15) is 14.4 Å². The van der Waals surface area contributed by atoms with E-state index in [1.54, 1.807) is 48.5 Å². The van der Waals surface area contributed by atoms with E-state index >= 15 is 0 Å². The van der Waals surface area contributed by atoms with Gasteiger partial charge >= 0.3 is 12.1 Å². The largest absolute Gasteiger partial charge is 0.445 e. The van der Waals surface area contributed by atoms with Gasteiger partial charge < -0.3 is 20.1 Å². The third kappa shape index (κ3) is 6.20. The molecule has 1 heterocycles. The molecule has 4 aromatic rings. The molecule has 0 saturated carbocycles. The van der Waals surface area contributed by atoms with Crippen molar-refractivity contribution < 1.29 is 23.9 Å². The van der Waals surface area contributed by atoms with Gasteiger partial charge in [0, 0.05) is 17.0 Å². The minimum absolute atomic E-state index is 0.0698. The third-order valence-corrected chi connectivity index (χ3v) is 5.10. The Bertz CT molecular complexity index is 1340. The molecule has 8 nitrogen and oxygen atoms in total. The summed E-state index contributed by atoms with van der Waals surface area (Å²) in [7, 11) is 0. The molecule has 0 saturated heterocycles. The van der Waals surface area contributed by atoms with Gasteiger partial charge in [-0.3, -0.25) is 4.79 Å². The van der Waals surface area contributed by atoms with Crippen LogP contribution in [-0.4, -0.2) is 29.0 Å². The standard InChI is InChI=1S/C27H23N3O5/c1-18(28-27(33)34-17-19-9-4-2-5-10-19)26(32)35-24-16-15-21-22(29-24)13-8-14-23(21)30-25(31)20-11-6-3-7-12-20/h2-16,18H,17H2,1H3,(H,28,33)(H,30,31)/t18-/m0/s1. The van der Waals surface area contributed by atoms with Crippen molar-refractivity contribution in [2.45, 2.75) is 19.6 Å². The van der Waals surface area contributed by atoms with Crippen molar-refractivity contribution >= 4 is 34.6 Å². The summed E-state index contributed by atoms with van der Waals surface area (Å²) in [5.41, 5.74) is 2.48. The Hall–Kier alpha value is -4.72. The lowest BCUT2D eigenvalue weighted by Gasteiger charge is -2.14. The highest BCUT2D eigenvalue weighted by Crippen LogP contribution is 2.25. The van der Waals surface area contributed by atoms with Gasteiger partial charge in [0.2, 0.25) is 5.88 Å². The first-order valence-corrected chi connectivity index (χ1v) is 10.9. The number of rotatable bonds is 7. The lowest BCUT2D eigenvalue weighted by atomic mass is 10.1. The van der Waals surface area contributed by atoms with E-state index in [1.807, 2.05) is 36.4 Å². The molecule has 4 rings (SSSR count). The highest BCUT2D eigenvalue weighted by molar-refractivity contribution is 6.08. The molecular formula is C27H23N3O5. The number of alkyl carbamates (subject to hydrolysis) is 1. The van der Waals surface area contributed by atoms with Crippen molar-refractivity contribution in [1.29, 1.82) is 0 Å². The molecule has 3 aromatic carbocycles. The highest BCUT2D eigenvalue weighted by Gasteiger charge is 2.19. The van der Waals surface area contributed by atoms with E-state index < -0.39 is 18.1 Å². The zero-order valence-electron chi connectivity index (χ0n) is 18.9. The van der Waals surface area contributed by atoms with Crippen LogP contribution in [0.2, 0.25) is 0 Å². The molecule has 0 aliphatic rings. The number of nitrogens with zero attached hydrogens (tertiary/aromatic N) is 1. The summed E-state index contributed by atoms with van der Waals surface area (Å²) in [6.45, 7) is 1.58. The number of nitrogens with one attached hydrogen (secondary N) is 2. The molecule has 2 amide bonds. The topological polar surface area (TPSA) is 107 Å². The van der Waals surface area contributed by atoms with Gasteiger partial charge in [0.05, 0.1) is 11.2 Å². The fourth-order valence-electron chi connectivity index (χ4n) is 3.28. The predicted octanol–water partition coefficient (Wildman–Crippen LogP) is 4.71. The first-order valence-electron chi connectivity index (χ1n) is 10.9. The molecule has 1 atom stereocenters. The van der Waals surface area contributed by atoms with Crippen LogP contribution in [0.1, 0.15) is 22.8 Å². The van der Waals surface area contributed by atoms with E-state index in [-0.39, 0.29) is 18.4 Å². The maximum atomic E-state index is 12.5. The molecule has 0 fully saturated rings. The Morgan fingerprint density at radius 2 is 1.57 bits per heavy atom. The fraction of sp³-hybridized carbons (Fsp3) is 0.111. The number of aromatic nitrogens is 1. The molecule has 1 aromatic heterocycles. The molecule has 0 unspecified atom stereocenters. The molecule has 35 heavy (non-hydrogen) atoms. The Morgan fingerprint density at radius 1 is 0.857 bits per heavy atom. The molecule has 0 radical (unpaired) electrons. The number of pyridine rings is 1. The summed E-state index contributed by atoms with van der Waals surface area (Å²) in [4.78, 5) is 41.3. The van der Waals surface area contributed by atoms with Crippen LogP contribution in [0.15, 0.2) is 91.0 Å². The number of benzene rings is 3. The zero-order chi connectivity index (χ0) is 24.6. The van der Waals surface area contributed by atoms with Gasteiger partial charge in [-0.1, -0.05) is 54.6 Å². The van der Waals surface area contributed by atoms with Gasteiger partial charge in [-0.2, -0.15) is 0 Å². The average molecular weight is 469 g/mol. The molecule has 0 spiro atoms. The molecule has 2 N–H and O–H groups in total. The Kier molecular flexibility index (Phi) is 7.32. The SMILES string of the molecule is C[C@H](NC(=O)OCc1ccccc1)C(=O)Oc1ccc2c(NC(=O)c3ccccc3)cccc2n1. The van der Waals surface area contributed by atoms with E-state index in [2.05, 4.69) is 15.6 Å². The fourth-order valence-corrected chi connectivity index (χ4v) is 3.28. The van der Waals surface area contributed by atoms with Crippen molar-refractivity contribution in [3.63, 3.8) is 0 Å². The quantitative estimate of drug-likeness (QED) is 0.380. The summed E-state index contributed by atoms with van der Waals surface area (Å²) in [5, 5.41) is 6.01. The summed E-state index contributed by atoms with van der Waals surface area (Å²) in [6, 6.07) is 25.6. The van der Waals surface area contributed by atoms with Crippen LogP contribution in [0.4, 0.5) is 10.5 Å². The first-order chi connectivity index (χ1) is 17.0. The van der Waals surface area contributed by atoms with Gasteiger partial charge in [0.15, 0.2) is 0 Å². The molecule has 0 aliphatic carbocycles. The molecule has 0 bridgehead atoms. The molecule has 8 heteroatoms. The number of amides is 2. The number of esters is 1. The number of anilines is 1. The highest BCUT2D eigenvalue weighted by atomic mass is 16.6. The molecule has 0 aliphatic heterocycles. The third-order valence-electron chi connectivity index (χ3n) is 5.10. The first kappa shape index (κ1) is 23.4. The number of hydrogen-bond donors (Lipinski definition) is 2. The number of hydrogen-bond acceptors (Lipinski definition) is 6. The molecule has 176 valence electrons. The van der Waals surface area contributed by atoms with E-state index in [4.69, 9.17) is 9.47 Å². The Labute approximate surface area is 201 Å². The van der Waals surface area contributed by atoms with Gasteiger partial charge in [0.1, 0.15) is 12.6 Å². The average Bonchev–Trinajstić information content (AvgIpc) is 2.88. The van der Waals surface area contributed by atoms with Crippen molar-refractivity contribution in [1.82, 2.24) is 10.3 Å². The Morgan fingerprint density at radius 3 is 2.31 bits per heavy atom. The van der Waals surface area contributed by atoms with E-state index in [0.717, 1.165) is 5.56 Å². The van der Waals surface area contributed by atoms with Crippen LogP contribution in [0, 0.1) is 0 Å². The van der Waals surface area contributed by atoms with Crippen molar-refractivity contribution in [2.24, 2.45) is 0 Å². The van der Waals surface area contributed by atoms with Gasteiger partial charge in [-0.15, -0.1) is 0 Å². The lowest BCUT2D eigenvalue weighted by Crippen LogP contribution is -2.41. The summed E-state index contributed by atoms with van der Waals surface area (Å²) in [6.07, 6.45) is -0.733. The monoisotopic (exact) mass is 469 g/mol. The van der Waals surface area contributed by atoms with Crippen molar-refractivity contribution in [2.75, 3.05) is 5.32 Å². The maximum Gasteiger partial charge on any atom is 0.408 e. The second-order valence-corrected chi connectivity index (χ2v) is 7.69. The zero-order valence-corrected chi connectivity index (χ0v) is 18.9. The van der Waals surface area contributed by atoms with Crippen LogP contribution < -0.4 is 15.4 Å². The number of carbonyl (C=O) groups excluding carboxylic acids is 3. The minimum atomic E-state index is -0.952. The van der Waals surface area contributed by atoms with Gasteiger partial charge in [-0.05, 0) is 42.8 Å². The lowest BCUT2D eigenvalue weighted by molar-refractivity contribution is -0.136.